The molecule has 1 heterocycles. The van der Waals surface area contributed by atoms with E-state index in [2.05, 4.69) is 24.5 Å². The summed E-state index contributed by atoms with van der Waals surface area (Å²) in [5.74, 6) is 0. The minimum atomic E-state index is 0.246. The molecule has 0 radical (unpaired) electrons. The molecule has 72 valence electrons. The average Bonchev–Trinajstić information content (AvgIpc) is 2.03. The lowest BCUT2D eigenvalue weighted by atomic mass is 9.98. The summed E-state index contributed by atoms with van der Waals surface area (Å²) in [4.78, 5) is 2.41. The summed E-state index contributed by atoms with van der Waals surface area (Å²) in [7, 11) is 0. The van der Waals surface area contributed by atoms with Gasteiger partial charge in [0.1, 0.15) is 0 Å². The summed E-state index contributed by atoms with van der Waals surface area (Å²) < 4.78 is 0.246. The van der Waals surface area contributed by atoms with Crippen LogP contribution < -0.4 is 0 Å². The molecule has 0 atom stereocenters. The lowest BCUT2D eigenvalue weighted by Gasteiger charge is -2.36. The molecule has 1 saturated heterocycles. The largest absolute Gasteiger partial charge is 0.396 e. The SMILES string of the molecule is CC1(S)CCN(CCCO)CC1. The zero-order valence-corrected chi connectivity index (χ0v) is 8.69. The molecule has 0 aromatic carbocycles. The third-order valence-corrected chi connectivity index (χ3v) is 3.01. The van der Waals surface area contributed by atoms with Crippen molar-refractivity contribution in [3.05, 3.63) is 0 Å². The molecule has 0 bridgehead atoms. The Hall–Kier alpha value is 0.270. The Morgan fingerprint density at radius 2 is 2.00 bits per heavy atom. The fraction of sp³-hybridized carbons (Fsp3) is 1.00. The van der Waals surface area contributed by atoms with Crippen molar-refractivity contribution < 1.29 is 5.11 Å². The van der Waals surface area contributed by atoms with Gasteiger partial charge in [-0.3, -0.25) is 0 Å². The predicted molar refractivity (Wildman–Crippen MR) is 54.8 cm³/mol. The molecule has 1 N–H and O–H groups in total. The molecule has 0 amide bonds. The first kappa shape index (κ1) is 10.4. The number of nitrogens with zero attached hydrogens (tertiary/aromatic N) is 1. The van der Waals surface area contributed by atoms with E-state index in [1.807, 2.05) is 0 Å². The van der Waals surface area contributed by atoms with Gasteiger partial charge in [0.2, 0.25) is 0 Å². The van der Waals surface area contributed by atoms with Gasteiger partial charge < -0.3 is 10.0 Å². The van der Waals surface area contributed by atoms with E-state index in [0.717, 1.165) is 26.1 Å². The zero-order valence-electron chi connectivity index (χ0n) is 7.79. The first-order chi connectivity index (χ1) is 5.64. The second-order valence-corrected chi connectivity index (χ2v) is 5.00. The number of hydrogen-bond acceptors (Lipinski definition) is 3. The van der Waals surface area contributed by atoms with Crippen molar-refractivity contribution in [2.75, 3.05) is 26.2 Å². The van der Waals surface area contributed by atoms with E-state index < -0.39 is 0 Å². The maximum atomic E-state index is 8.66. The van der Waals surface area contributed by atoms with E-state index >= 15 is 0 Å². The molecule has 0 aromatic heterocycles. The van der Waals surface area contributed by atoms with Gasteiger partial charge >= 0.3 is 0 Å². The van der Waals surface area contributed by atoms with Gasteiger partial charge in [0.15, 0.2) is 0 Å². The molecule has 1 fully saturated rings. The molecule has 0 saturated carbocycles. The molecular weight excluding hydrogens is 170 g/mol. The Bertz CT molecular complexity index is 128. The highest BCUT2D eigenvalue weighted by Crippen LogP contribution is 2.27. The smallest absolute Gasteiger partial charge is 0.0443 e. The molecule has 0 unspecified atom stereocenters. The summed E-state index contributed by atoms with van der Waals surface area (Å²) in [6.07, 6.45) is 3.24. The summed E-state index contributed by atoms with van der Waals surface area (Å²) >= 11 is 4.57. The topological polar surface area (TPSA) is 23.5 Å². The molecule has 1 aliphatic rings. The summed E-state index contributed by atoms with van der Waals surface area (Å²) in [6.45, 7) is 5.84. The highest BCUT2D eigenvalue weighted by atomic mass is 32.1. The molecule has 1 aliphatic heterocycles. The quantitative estimate of drug-likeness (QED) is 0.651. The van der Waals surface area contributed by atoms with Gasteiger partial charge in [0, 0.05) is 17.9 Å². The molecule has 1 rings (SSSR count). The van der Waals surface area contributed by atoms with Crippen LogP contribution in [0, 0.1) is 0 Å². The maximum Gasteiger partial charge on any atom is 0.0443 e. The van der Waals surface area contributed by atoms with E-state index in [-0.39, 0.29) is 4.75 Å². The van der Waals surface area contributed by atoms with Crippen LogP contribution in [-0.2, 0) is 0 Å². The van der Waals surface area contributed by atoms with Crippen molar-refractivity contribution in [2.45, 2.75) is 30.9 Å². The summed E-state index contributed by atoms with van der Waals surface area (Å²) in [5, 5.41) is 8.66. The molecule has 0 spiro atoms. The van der Waals surface area contributed by atoms with E-state index in [9.17, 15) is 0 Å². The average molecular weight is 189 g/mol. The van der Waals surface area contributed by atoms with E-state index in [0.29, 0.717) is 6.61 Å². The first-order valence-corrected chi connectivity index (χ1v) is 5.14. The minimum Gasteiger partial charge on any atom is -0.396 e. The Labute approximate surface area is 80.4 Å². The fourth-order valence-corrected chi connectivity index (χ4v) is 1.75. The molecule has 2 nitrogen and oxygen atoms in total. The second-order valence-electron chi connectivity index (χ2n) is 3.92. The van der Waals surface area contributed by atoms with E-state index in [4.69, 9.17) is 5.11 Å². The third kappa shape index (κ3) is 3.33. The zero-order chi connectivity index (χ0) is 9.03. The standard InChI is InChI=1S/C9H19NOS/c1-9(12)3-6-10(7-4-9)5-2-8-11/h11-12H,2-8H2,1H3. The Morgan fingerprint density at radius 1 is 1.42 bits per heavy atom. The van der Waals surface area contributed by atoms with Crippen LogP contribution in [0.4, 0.5) is 0 Å². The lowest BCUT2D eigenvalue weighted by molar-refractivity contribution is 0.184. The number of hydrogen-bond donors (Lipinski definition) is 2. The van der Waals surface area contributed by atoms with Gasteiger partial charge in [0.25, 0.3) is 0 Å². The molecule has 0 aromatic rings. The van der Waals surface area contributed by atoms with Crippen LogP contribution in [0.15, 0.2) is 0 Å². The number of thiol groups is 1. The highest BCUT2D eigenvalue weighted by Gasteiger charge is 2.25. The second kappa shape index (κ2) is 4.49. The monoisotopic (exact) mass is 189 g/mol. The highest BCUT2D eigenvalue weighted by molar-refractivity contribution is 7.81. The van der Waals surface area contributed by atoms with Crippen LogP contribution in [0.3, 0.4) is 0 Å². The lowest BCUT2D eigenvalue weighted by Crippen LogP contribution is -2.40. The predicted octanol–water partition coefficient (Wildman–Crippen LogP) is 1.15. The van der Waals surface area contributed by atoms with Gasteiger partial charge in [-0.15, -0.1) is 0 Å². The van der Waals surface area contributed by atoms with Gasteiger partial charge in [0.05, 0.1) is 0 Å². The number of likely N-dealkylation sites (tertiary alicyclic amines) is 1. The van der Waals surface area contributed by atoms with E-state index in [1.165, 1.54) is 12.8 Å². The normalized spacial score (nSPS) is 24.2. The van der Waals surface area contributed by atoms with E-state index in [1.54, 1.807) is 0 Å². The Balaban J connectivity index is 2.18. The van der Waals surface area contributed by atoms with Crippen molar-refractivity contribution in [3.8, 4) is 0 Å². The number of rotatable bonds is 3. The van der Waals surface area contributed by atoms with Crippen LogP contribution >= 0.6 is 12.6 Å². The van der Waals surface area contributed by atoms with Gasteiger partial charge in [-0.1, -0.05) is 6.92 Å². The number of piperidine rings is 1. The van der Waals surface area contributed by atoms with Crippen LogP contribution in [0.5, 0.6) is 0 Å². The summed E-state index contributed by atoms with van der Waals surface area (Å²) in [6, 6.07) is 0. The number of aliphatic hydroxyl groups excluding tert-OH is 1. The molecule has 12 heavy (non-hydrogen) atoms. The van der Waals surface area contributed by atoms with Crippen molar-refractivity contribution in [2.24, 2.45) is 0 Å². The van der Waals surface area contributed by atoms with Crippen LogP contribution in [-0.4, -0.2) is 41.0 Å². The van der Waals surface area contributed by atoms with Crippen molar-refractivity contribution in [3.63, 3.8) is 0 Å². The van der Waals surface area contributed by atoms with Crippen LogP contribution in [0.25, 0.3) is 0 Å². The summed E-state index contributed by atoms with van der Waals surface area (Å²) in [5.41, 5.74) is 0. The molecule has 0 aliphatic carbocycles. The molecule has 3 heteroatoms. The maximum absolute atomic E-state index is 8.66. The first-order valence-electron chi connectivity index (χ1n) is 4.70. The Kier molecular flexibility index (Phi) is 3.87. The van der Waals surface area contributed by atoms with Gasteiger partial charge in [-0.25, -0.2) is 0 Å². The van der Waals surface area contributed by atoms with Crippen molar-refractivity contribution in [1.82, 2.24) is 4.90 Å². The van der Waals surface area contributed by atoms with Crippen LogP contribution in [0.1, 0.15) is 26.2 Å². The van der Waals surface area contributed by atoms with Gasteiger partial charge in [-0.05, 0) is 32.4 Å². The van der Waals surface area contributed by atoms with Crippen molar-refractivity contribution in [1.29, 1.82) is 0 Å². The minimum absolute atomic E-state index is 0.246. The fourth-order valence-electron chi connectivity index (χ4n) is 1.55. The number of aliphatic hydroxyl groups is 1. The molecular formula is C9H19NOS. The third-order valence-electron chi connectivity index (χ3n) is 2.57. The van der Waals surface area contributed by atoms with Crippen LogP contribution in [0.2, 0.25) is 0 Å². The van der Waals surface area contributed by atoms with Gasteiger partial charge in [-0.2, -0.15) is 12.6 Å². The Morgan fingerprint density at radius 3 is 2.50 bits per heavy atom. The van der Waals surface area contributed by atoms with Crippen molar-refractivity contribution >= 4 is 12.6 Å².